The lowest BCUT2D eigenvalue weighted by molar-refractivity contribution is 0.201. The van der Waals surface area contributed by atoms with Crippen LogP contribution < -0.4 is 5.32 Å². The molecule has 2 fully saturated rings. The Labute approximate surface area is 94.4 Å². The molecule has 0 unspecified atom stereocenters. The summed E-state index contributed by atoms with van der Waals surface area (Å²) in [5.41, 5.74) is 0. The smallest absolute Gasteiger partial charge is 0.00248 e. The number of hydrogen-bond acceptors (Lipinski definition) is 2. The summed E-state index contributed by atoms with van der Waals surface area (Å²) < 4.78 is 0. The molecule has 88 valence electrons. The van der Waals surface area contributed by atoms with Crippen molar-refractivity contribution in [2.75, 3.05) is 32.7 Å². The van der Waals surface area contributed by atoms with Gasteiger partial charge in [0.25, 0.3) is 0 Å². The van der Waals surface area contributed by atoms with Gasteiger partial charge in [-0.2, -0.15) is 0 Å². The molecule has 0 amide bonds. The van der Waals surface area contributed by atoms with Crippen LogP contribution in [-0.4, -0.2) is 37.6 Å². The molecule has 0 saturated carbocycles. The van der Waals surface area contributed by atoms with Gasteiger partial charge >= 0.3 is 0 Å². The van der Waals surface area contributed by atoms with Crippen LogP contribution in [0.4, 0.5) is 0 Å². The largest absolute Gasteiger partial charge is 0.316 e. The van der Waals surface area contributed by atoms with Crippen LogP contribution in [0.5, 0.6) is 0 Å². The first-order valence-electron chi connectivity index (χ1n) is 6.79. The van der Waals surface area contributed by atoms with E-state index in [0.29, 0.717) is 0 Å². The maximum Gasteiger partial charge on any atom is 0.00248 e. The van der Waals surface area contributed by atoms with Crippen molar-refractivity contribution in [1.29, 1.82) is 0 Å². The van der Waals surface area contributed by atoms with Crippen LogP contribution in [0.2, 0.25) is 0 Å². The molecular formula is C13H26N2. The van der Waals surface area contributed by atoms with E-state index in [9.17, 15) is 0 Å². The quantitative estimate of drug-likeness (QED) is 0.751. The normalized spacial score (nSPS) is 35.0. The van der Waals surface area contributed by atoms with E-state index < -0.39 is 0 Å². The number of rotatable bonds is 2. The van der Waals surface area contributed by atoms with E-state index in [1.165, 1.54) is 64.8 Å². The standard InChI is InChI=1S/C13H26N2/c1-12-9-14-10-13(12)11-15-7-5-3-2-4-6-8-15/h12-14H,2-11H2,1H3/t12-,13+/m1/s1. The third kappa shape index (κ3) is 3.46. The van der Waals surface area contributed by atoms with Crippen LogP contribution in [0.3, 0.4) is 0 Å². The molecule has 1 N–H and O–H groups in total. The number of likely N-dealkylation sites (tertiary alicyclic amines) is 1. The van der Waals surface area contributed by atoms with E-state index in [1.807, 2.05) is 0 Å². The molecule has 2 rings (SSSR count). The third-order valence-electron chi connectivity index (χ3n) is 4.12. The van der Waals surface area contributed by atoms with Crippen molar-refractivity contribution in [2.24, 2.45) is 11.8 Å². The Hall–Kier alpha value is -0.0800. The average molecular weight is 210 g/mol. The van der Waals surface area contributed by atoms with Crippen molar-refractivity contribution in [2.45, 2.75) is 39.0 Å². The molecule has 0 aliphatic carbocycles. The molecule has 2 heterocycles. The molecule has 0 bridgehead atoms. The molecule has 0 aromatic heterocycles. The topological polar surface area (TPSA) is 15.3 Å². The van der Waals surface area contributed by atoms with E-state index in [2.05, 4.69) is 17.1 Å². The maximum atomic E-state index is 3.51. The summed E-state index contributed by atoms with van der Waals surface area (Å²) in [6, 6.07) is 0. The lowest BCUT2D eigenvalue weighted by Crippen LogP contribution is -2.34. The minimum Gasteiger partial charge on any atom is -0.316 e. The SMILES string of the molecule is C[C@@H]1CNC[C@H]1CN1CCCCCCC1. The highest BCUT2D eigenvalue weighted by Crippen LogP contribution is 2.19. The highest BCUT2D eigenvalue weighted by Gasteiger charge is 2.24. The molecule has 15 heavy (non-hydrogen) atoms. The highest BCUT2D eigenvalue weighted by atomic mass is 15.1. The van der Waals surface area contributed by atoms with Gasteiger partial charge in [0.1, 0.15) is 0 Å². The number of hydrogen-bond donors (Lipinski definition) is 1. The Morgan fingerprint density at radius 1 is 1.00 bits per heavy atom. The Morgan fingerprint density at radius 2 is 1.67 bits per heavy atom. The third-order valence-corrected chi connectivity index (χ3v) is 4.12. The van der Waals surface area contributed by atoms with Crippen molar-refractivity contribution in [1.82, 2.24) is 10.2 Å². The zero-order chi connectivity index (χ0) is 10.5. The molecule has 2 nitrogen and oxygen atoms in total. The van der Waals surface area contributed by atoms with Gasteiger partial charge in [0.2, 0.25) is 0 Å². The van der Waals surface area contributed by atoms with Crippen LogP contribution in [-0.2, 0) is 0 Å². The first kappa shape index (κ1) is 11.4. The summed E-state index contributed by atoms with van der Waals surface area (Å²) in [6.45, 7) is 8.92. The predicted octanol–water partition coefficient (Wildman–Crippen LogP) is 2.11. The van der Waals surface area contributed by atoms with Gasteiger partial charge in [-0.05, 0) is 50.9 Å². The van der Waals surface area contributed by atoms with Crippen LogP contribution in [0.1, 0.15) is 39.0 Å². The second-order valence-corrected chi connectivity index (χ2v) is 5.46. The summed E-state index contributed by atoms with van der Waals surface area (Å²) in [5.74, 6) is 1.79. The van der Waals surface area contributed by atoms with Gasteiger partial charge in [0.15, 0.2) is 0 Å². The Bertz CT molecular complexity index is 173. The number of nitrogens with zero attached hydrogens (tertiary/aromatic N) is 1. The van der Waals surface area contributed by atoms with Gasteiger partial charge < -0.3 is 10.2 Å². The second kappa shape index (κ2) is 5.86. The van der Waals surface area contributed by atoms with Gasteiger partial charge in [0.05, 0.1) is 0 Å². The Morgan fingerprint density at radius 3 is 2.27 bits per heavy atom. The van der Waals surface area contributed by atoms with E-state index in [0.717, 1.165) is 11.8 Å². The van der Waals surface area contributed by atoms with Crippen molar-refractivity contribution in [3.63, 3.8) is 0 Å². The van der Waals surface area contributed by atoms with E-state index >= 15 is 0 Å². The molecule has 0 radical (unpaired) electrons. The second-order valence-electron chi connectivity index (χ2n) is 5.46. The summed E-state index contributed by atoms with van der Waals surface area (Å²) in [6.07, 6.45) is 7.22. The van der Waals surface area contributed by atoms with E-state index in [4.69, 9.17) is 0 Å². The molecule has 0 aromatic rings. The van der Waals surface area contributed by atoms with Crippen molar-refractivity contribution >= 4 is 0 Å². The van der Waals surface area contributed by atoms with Crippen LogP contribution in [0, 0.1) is 11.8 Å². The van der Waals surface area contributed by atoms with Gasteiger partial charge in [-0.1, -0.05) is 26.2 Å². The summed E-state index contributed by atoms with van der Waals surface area (Å²) in [5, 5.41) is 3.51. The zero-order valence-corrected chi connectivity index (χ0v) is 10.2. The first-order chi connectivity index (χ1) is 7.36. The van der Waals surface area contributed by atoms with Gasteiger partial charge in [-0.25, -0.2) is 0 Å². The minimum atomic E-state index is 0.885. The predicted molar refractivity (Wildman–Crippen MR) is 65.0 cm³/mol. The summed E-state index contributed by atoms with van der Waals surface area (Å²) in [7, 11) is 0. The molecule has 0 spiro atoms. The fourth-order valence-corrected chi connectivity index (χ4v) is 2.94. The summed E-state index contributed by atoms with van der Waals surface area (Å²) in [4.78, 5) is 2.72. The molecule has 2 atom stereocenters. The van der Waals surface area contributed by atoms with Crippen LogP contribution >= 0.6 is 0 Å². The van der Waals surface area contributed by atoms with E-state index in [-0.39, 0.29) is 0 Å². The summed E-state index contributed by atoms with van der Waals surface area (Å²) >= 11 is 0. The zero-order valence-electron chi connectivity index (χ0n) is 10.2. The first-order valence-corrected chi connectivity index (χ1v) is 6.79. The van der Waals surface area contributed by atoms with Crippen LogP contribution in [0.25, 0.3) is 0 Å². The van der Waals surface area contributed by atoms with Crippen molar-refractivity contribution in [3.05, 3.63) is 0 Å². The van der Waals surface area contributed by atoms with Gasteiger partial charge in [-0.3, -0.25) is 0 Å². The van der Waals surface area contributed by atoms with Crippen molar-refractivity contribution in [3.8, 4) is 0 Å². The molecule has 2 aliphatic heterocycles. The minimum absolute atomic E-state index is 0.885. The fraction of sp³-hybridized carbons (Fsp3) is 1.00. The molecule has 2 saturated heterocycles. The molecule has 2 heteroatoms. The molecule has 2 aliphatic rings. The lowest BCUT2D eigenvalue weighted by Gasteiger charge is -2.28. The van der Waals surface area contributed by atoms with Gasteiger partial charge in [0, 0.05) is 6.54 Å². The highest BCUT2D eigenvalue weighted by molar-refractivity contribution is 4.81. The van der Waals surface area contributed by atoms with Crippen LogP contribution in [0.15, 0.2) is 0 Å². The monoisotopic (exact) mass is 210 g/mol. The van der Waals surface area contributed by atoms with Gasteiger partial charge in [-0.15, -0.1) is 0 Å². The van der Waals surface area contributed by atoms with Crippen molar-refractivity contribution < 1.29 is 0 Å². The fourth-order valence-electron chi connectivity index (χ4n) is 2.94. The Kier molecular flexibility index (Phi) is 4.45. The average Bonchev–Trinajstić information content (AvgIpc) is 2.56. The van der Waals surface area contributed by atoms with E-state index in [1.54, 1.807) is 0 Å². The molecular weight excluding hydrogens is 184 g/mol. The molecule has 0 aromatic carbocycles. The number of nitrogens with one attached hydrogen (secondary N) is 1. The maximum absolute atomic E-state index is 3.51. The lowest BCUT2D eigenvalue weighted by atomic mass is 9.97. The Balaban J connectivity index is 1.75.